The van der Waals surface area contributed by atoms with Gasteiger partial charge in [0.15, 0.2) is 5.69 Å². The summed E-state index contributed by atoms with van der Waals surface area (Å²) in [4.78, 5) is 0. The Bertz CT molecular complexity index is 262. The molecule has 0 N–H and O–H groups in total. The van der Waals surface area contributed by atoms with Crippen LogP contribution in [-0.4, -0.2) is 21.6 Å². The number of aromatic nitrogens is 3. The van der Waals surface area contributed by atoms with E-state index in [1.807, 2.05) is 13.0 Å². The van der Waals surface area contributed by atoms with Gasteiger partial charge in [-0.2, -0.15) is 5.26 Å². The van der Waals surface area contributed by atoms with Crippen LogP contribution in [0.15, 0.2) is 6.20 Å². The molecular formula is C6H8N4O. The third-order valence-electron chi connectivity index (χ3n) is 1.08. The maximum atomic E-state index is 8.37. The predicted octanol–water partition coefficient (Wildman–Crippen LogP) is 0.144. The molecule has 0 unspecified atom stereocenters. The molecule has 1 aromatic heterocycles. The fraction of sp³-hybridized carbons (Fsp3) is 0.500. The normalized spacial score (nSPS) is 9.45. The first-order valence-electron chi connectivity index (χ1n) is 3.24. The van der Waals surface area contributed by atoms with Gasteiger partial charge in [-0.25, -0.2) is 4.68 Å². The van der Waals surface area contributed by atoms with Gasteiger partial charge < -0.3 is 4.74 Å². The van der Waals surface area contributed by atoms with Crippen molar-refractivity contribution >= 4 is 0 Å². The van der Waals surface area contributed by atoms with E-state index in [0.29, 0.717) is 19.0 Å². The van der Waals surface area contributed by atoms with Crippen molar-refractivity contribution in [1.29, 1.82) is 5.26 Å². The molecule has 0 aliphatic rings. The number of rotatable bonds is 3. The molecule has 58 valence electrons. The Morgan fingerprint density at radius 3 is 3.18 bits per heavy atom. The summed E-state index contributed by atoms with van der Waals surface area (Å²) in [5, 5.41) is 15.6. The zero-order valence-corrected chi connectivity index (χ0v) is 6.19. The van der Waals surface area contributed by atoms with Crippen LogP contribution < -0.4 is 0 Å². The van der Waals surface area contributed by atoms with Gasteiger partial charge in [-0.1, -0.05) is 5.21 Å². The average Bonchev–Trinajstić information content (AvgIpc) is 2.48. The molecule has 0 bridgehead atoms. The number of nitrogens with zero attached hydrogens (tertiary/aromatic N) is 4. The average molecular weight is 152 g/mol. The second-order valence-electron chi connectivity index (χ2n) is 1.88. The van der Waals surface area contributed by atoms with Crippen LogP contribution in [0.3, 0.4) is 0 Å². The minimum atomic E-state index is 0.310. The van der Waals surface area contributed by atoms with E-state index in [1.165, 1.54) is 10.9 Å². The van der Waals surface area contributed by atoms with Crippen LogP contribution in [0.1, 0.15) is 12.6 Å². The third kappa shape index (κ3) is 2.02. The first-order valence-corrected chi connectivity index (χ1v) is 3.24. The van der Waals surface area contributed by atoms with Crippen LogP contribution in [0, 0.1) is 11.3 Å². The Morgan fingerprint density at radius 1 is 1.82 bits per heavy atom. The summed E-state index contributed by atoms with van der Waals surface area (Å²) in [6, 6.07) is 1.87. The Hall–Kier alpha value is -1.41. The Balaban J connectivity index is 2.53. The van der Waals surface area contributed by atoms with Crippen molar-refractivity contribution in [3.05, 3.63) is 11.9 Å². The van der Waals surface area contributed by atoms with Crippen LogP contribution in [0.5, 0.6) is 0 Å². The highest BCUT2D eigenvalue weighted by molar-refractivity contribution is 5.12. The maximum Gasteiger partial charge on any atom is 0.182 e. The van der Waals surface area contributed by atoms with E-state index >= 15 is 0 Å². The molecule has 5 nitrogen and oxygen atoms in total. The van der Waals surface area contributed by atoms with Gasteiger partial charge in [0.2, 0.25) is 0 Å². The minimum absolute atomic E-state index is 0.310. The largest absolute Gasteiger partial charge is 0.359 e. The van der Waals surface area contributed by atoms with Crippen molar-refractivity contribution in [3.63, 3.8) is 0 Å². The van der Waals surface area contributed by atoms with Gasteiger partial charge >= 0.3 is 0 Å². The SMILES string of the molecule is CCOCn1cc(C#N)nn1. The molecule has 0 fully saturated rings. The standard InChI is InChI=1S/C6H8N4O/c1-2-11-5-10-4-6(3-7)8-9-10/h4H,2,5H2,1H3. The second-order valence-corrected chi connectivity index (χ2v) is 1.88. The van der Waals surface area contributed by atoms with E-state index < -0.39 is 0 Å². The lowest BCUT2D eigenvalue weighted by atomic mass is 10.5. The van der Waals surface area contributed by atoms with E-state index in [-0.39, 0.29) is 0 Å². The first kappa shape index (κ1) is 7.69. The van der Waals surface area contributed by atoms with Gasteiger partial charge in [-0.05, 0) is 6.92 Å². The maximum absolute atomic E-state index is 8.37. The topological polar surface area (TPSA) is 63.7 Å². The van der Waals surface area contributed by atoms with E-state index in [2.05, 4.69) is 10.3 Å². The van der Waals surface area contributed by atoms with Gasteiger partial charge in [0.25, 0.3) is 0 Å². The first-order chi connectivity index (χ1) is 5.36. The van der Waals surface area contributed by atoms with Gasteiger partial charge in [-0.3, -0.25) is 0 Å². The molecule has 1 rings (SSSR count). The molecule has 0 saturated carbocycles. The molecule has 0 spiro atoms. The summed E-state index contributed by atoms with van der Waals surface area (Å²) in [5.41, 5.74) is 0.310. The lowest BCUT2D eigenvalue weighted by Crippen LogP contribution is -2.02. The van der Waals surface area contributed by atoms with Crippen LogP contribution in [-0.2, 0) is 11.5 Å². The molecule has 0 saturated heterocycles. The molecule has 0 atom stereocenters. The monoisotopic (exact) mass is 152 g/mol. The van der Waals surface area contributed by atoms with Crippen LogP contribution >= 0.6 is 0 Å². The fourth-order valence-electron chi connectivity index (χ4n) is 0.598. The highest BCUT2D eigenvalue weighted by atomic mass is 16.5. The van der Waals surface area contributed by atoms with E-state index in [9.17, 15) is 0 Å². The summed E-state index contributed by atoms with van der Waals surface area (Å²) in [6.07, 6.45) is 1.54. The van der Waals surface area contributed by atoms with E-state index in [0.717, 1.165) is 0 Å². The number of hydrogen-bond acceptors (Lipinski definition) is 4. The molecule has 1 aromatic rings. The number of hydrogen-bond donors (Lipinski definition) is 0. The molecule has 5 heteroatoms. The smallest absolute Gasteiger partial charge is 0.182 e. The summed E-state index contributed by atoms with van der Waals surface area (Å²) in [5.74, 6) is 0. The zero-order valence-electron chi connectivity index (χ0n) is 6.19. The summed E-state index contributed by atoms with van der Waals surface area (Å²) in [7, 11) is 0. The van der Waals surface area contributed by atoms with Crippen molar-refractivity contribution < 1.29 is 4.74 Å². The van der Waals surface area contributed by atoms with Gasteiger partial charge in [0, 0.05) is 6.61 Å². The number of nitriles is 1. The second kappa shape index (κ2) is 3.68. The molecule has 0 radical (unpaired) electrons. The van der Waals surface area contributed by atoms with E-state index in [1.54, 1.807) is 0 Å². The molecule has 0 amide bonds. The van der Waals surface area contributed by atoms with Crippen molar-refractivity contribution in [1.82, 2.24) is 15.0 Å². The fourth-order valence-corrected chi connectivity index (χ4v) is 0.598. The van der Waals surface area contributed by atoms with E-state index in [4.69, 9.17) is 10.00 Å². The third-order valence-corrected chi connectivity index (χ3v) is 1.08. The molecule has 0 aliphatic heterocycles. The molecule has 0 aliphatic carbocycles. The van der Waals surface area contributed by atoms with Crippen molar-refractivity contribution in [2.75, 3.05) is 6.61 Å². The van der Waals surface area contributed by atoms with Crippen LogP contribution in [0.4, 0.5) is 0 Å². The highest BCUT2D eigenvalue weighted by Crippen LogP contribution is 1.89. The number of ether oxygens (including phenoxy) is 1. The zero-order chi connectivity index (χ0) is 8.10. The van der Waals surface area contributed by atoms with Crippen molar-refractivity contribution in [2.45, 2.75) is 13.7 Å². The Labute approximate surface area is 64.2 Å². The molecular weight excluding hydrogens is 144 g/mol. The van der Waals surface area contributed by atoms with Crippen molar-refractivity contribution in [2.24, 2.45) is 0 Å². The quantitative estimate of drug-likeness (QED) is 0.618. The summed E-state index contributed by atoms with van der Waals surface area (Å²) in [6.45, 7) is 2.87. The molecule has 0 aromatic carbocycles. The van der Waals surface area contributed by atoms with Crippen LogP contribution in [0.25, 0.3) is 0 Å². The summed E-state index contributed by atoms with van der Waals surface area (Å²) >= 11 is 0. The Kier molecular flexibility index (Phi) is 2.58. The lowest BCUT2D eigenvalue weighted by molar-refractivity contribution is 0.0778. The van der Waals surface area contributed by atoms with Crippen LogP contribution in [0.2, 0.25) is 0 Å². The Morgan fingerprint density at radius 2 is 2.64 bits per heavy atom. The van der Waals surface area contributed by atoms with Gasteiger partial charge in [0.1, 0.15) is 12.8 Å². The highest BCUT2D eigenvalue weighted by Gasteiger charge is 1.96. The van der Waals surface area contributed by atoms with Gasteiger partial charge in [-0.15, -0.1) is 5.10 Å². The summed E-state index contributed by atoms with van der Waals surface area (Å²) < 4.78 is 6.50. The molecule has 1 heterocycles. The van der Waals surface area contributed by atoms with Gasteiger partial charge in [0.05, 0.1) is 6.20 Å². The lowest BCUT2D eigenvalue weighted by Gasteiger charge is -1.97. The molecule has 11 heavy (non-hydrogen) atoms. The minimum Gasteiger partial charge on any atom is -0.359 e. The predicted molar refractivity (Wildman–Crippen MR) is 36.4 cm³/mol. The van der Waals surface area contributed by atoms with Crippen molar-refractivity contribution in [3.8, 4) is 6.07 Å².